The van der Waals surface area contributed by atoms with E-state index < -0.39 is 13.5 Å². The number of para-hydroxylation sites is 1. The molecule has 1 aromatic carbocycles. The fraction of sp³-hybridized carbons (Fsp3) is 0.267. The molecule has 1 amide bonds. The van der Waals surface area contributed by atoms with Gasteiger partial charge in [-0.3, -0.25) is 9.36 Å². The third-order valence-corrected chi connectivity index (χ3v) is 4.97. The summed E-state index contributed by atoms with van der Waals surface area (Å²) in [7, 11) is -3.49. The molecule has 0 radical (unpaired) electrons. The summed E-state index contributed by atoms with van der Waals surface area (Å²) in [5.41, 5.74) is 0.370. The van der Waals surface area contributed by atoms with Crippen molar-refractivity contribution in [2.24, 2.45) is 0 Å². The third-order valence-electron chi connectivity index (χ3n) is 2.79. The van der Waals surface area contributed by atoms with E-state index in [2.05, 4.69) is 5.32 Å². The lowest BCUT2D eigenvalue weighted by Crippen LogP contribution is -2.20. The molecule has 22 heavy (non-hydrogen) atoms. The molecule has 6 nitrogen and oxygen atoms in total. The van der Waals surface area contributed by atoms with Crippen LogP contribution in [0.5, 0.6) is 0 Å². The van der Waals surface area contributed by atoms with E-state index in [-0.39, 0.29) is 19.0 Å². The fourth-order valence-corrected chi connectivity index (χ4v) is 3.65. The highest BCUT2D eigenvalue weighted by Gasteiger charge is 2.30. The number of carbonyl (C=O) groups is 1. The predicted molar refractivity (Wildman–Crippen MR) is 83.6 cm³/mol. The Bertz CT molecular complexity index is 658. The quantitative estimate of drug-likeness (QED) is 0.790. The van der Waals surface area contributed by atoms with Gasteiger partial charge in [-0.15, -0.1) is 0 Å². The minimum Gasteiger partial charge on any atom is -0.459 e. The van der Waals surface area contributed by atoms with Gasteiger partial charge in [-0.1, -0.05) is 12.1 Å². The summed E-state index contributed by atoms with van der Waals surface area (Å²) in [4.78, 5) is 12.1. The van der Waals surface area contributed by atoms with Crippen LogP contribution in [-0.4, -0.2) is 19.1 Å². The fourth-order valence-electron chi connectivity index (χ4n) is 1.93. The van der Waals surface area contributed by atoms with Gasteiger partial charge in [0.15, 0.2) is 5.76 Å². The van der Waals surface area contributed by atoms with E-state index in [1.807, 2.05) is 0 Å². The molecule has 0 atom stereocenters. The van der Waals surface area contributed by atoms with Crippen LogP contribution in [0.1, 0.15) is 24.4 Å². The second-order valence-electron chi connectivity index (χ2n) is 4.28. The Kier molecular flexibility index (Phi) is 5.55. The first-order valence-electron chi connectivity index (χ1n) is 6.94. The van der Waals surface area contributed by atoms with Crippen LogP contribution < -0.4 is 10.6 Å². The van der Waals surface area contributed by atoms with Crippen LogP contribution in [0.25, 0.3) is 0 Å². The molecular weight excluding hydrogens is 305 g/mol. The summed E-state index contributed by atoms with van der Waals surface area (Å²) in [5.74, 6) is -0.269. The maximum Gasteiger partial charge on any atom is 0.363 e. The van der Waals surface area contributed by atoms with Crippen molar-refractivity contribution in [3.63, 3.8) is 0 Å². The van der Waals surface area contributed by atoms with Crippen molar-refractivity contribution < 1.29 is 22.8 Å². The Morgan fingerprint density at radius 1 is 1.14 bits per heavy atom. The Hall–Kier alpha value is -1.88. The average molecular weight is 323 g/mol. The smallest absolute Gasteiger partial charge is 0.363 e. The van der Waals surface area contributed by atoms with E-state index in [4.69, 9.17) is 13.5 Å². The van der Waals surface area contributed by atoms with Crippen molar-refractivity contribution in [3.05, 3.63) is 48.4 Å². The highest BCUT2D eigenvalue weighted by molar-refractivity contribution is 7.62. The molecule has 0 aliphatic rings. The lowest BCUT2D eigenvalue weighted by Gasteiger charge is -2.20. The highest BCUT2D eigenvalue weighted by atomic mass is 31.2. The topological polar surface area (TPSA) is 77.8 Å². The molecule has 0 aliphatic carbocycles. The minimum absolute atomic E-state index is 0.164. The number of amides is 1. The molecule has 0 spiro atoms. The van der Waals surface area contributed by atoms with Gasteiger partial charge in [0.25, 0.3) is 5.91 Å². The molecule has 1 N–H and O–H groups in total. The van der Waals surface area contributed by atoms with Crippen LogP contribution in [0.3, 0.4) is 0 Å². The molecule has 118 valence electrons. The largest absolute Gasteiger partial charge is 0.459 e. The van der Waals surface area contributed by atoms with E-state index in [0.717, 1.165) is 0 Å². The number of nitrogens with one attached hydrogen (secondary N) is 1. The Morgan fingerprint density at radius 3 is 2.41 bits per heavy atom. The third kappa shape index (κ3) is 3.65. The number of furan rings is 1. The van der Waals surface area contributed by atoms with E-state index in [1.54, 1.807) is 50.2 Å². The highest BCUT2D eigenvalue weighted by Crippen LogP contribution is 2.48. The number of hydrogen-bond acceptors (Lipinski definition) is 5. The van der Waals surface area contributed by atoms with Gasteiger partial charge in [-0.2, -0.15) is 0 Å². The number of benzene rings is 1. The summed E-state index contributed by atoms with van der Waals surface area (Å²) in [6.07, 6.45) is 1.41. The Labute approximate surface area is 129 Å². The number of carbonyl (C=O) groups excluding carboxylic acids is 1. The van der Waals surface area contributed by atoms with Crippen LogP contribution in [0.4, 0.5) is 5.69 Å². The maximum absolute atomic E-state index is 12.9. The zero-order valence-electron chi connectivity index (χ0n) is 12.4. The SMILES string of the molecule is CCOP(=O)(OCC)c1ccccc1NC(=O)c1ccco1. The molecule has 0 bridgehead atoms. The molecule has 0 unspecified atom stereocenters. The minimum atomic E-state index is -3.49. The van der Waals surface area contributed by atoms with Gasteiger partial charge < -0.3 is 18.8 Å². The molecule has 1 heterocycles. The van der Waals surface area contributed by atoms with Crippen molar-refractivity contribution >= 4 is 24.5 Å². The van der Waals surface area contributed by atoms with Crippen LogP contribution >= 0.6 is 7.60 Å². The normalized spacial score (nSPS) is 11.4. The maximum atomic E-state index is 12.9. The molecule has 0 saturated carbocycles. The zero-order valence-corrected chi connectivity index (χ0v) is 13.3. The summed E-state index contributed by atoms with van der Waals surface area (Å²) < 4.78 is 28.6. The van der Waals surface area contributed by atoms with E-state index >= 15 is 0 Å². The molecule has 2 aromatic rings. The van der Waals surface area contributed by atoms with Crippen molar-refractivity contribution in [2.75, 3.05) is 18.5 Å². The number of anilines is 1. The van der Waals surface area contributed by atoms with Gasteiger partial charge in [0.05, 0.1) is 30.5 Å². The van der Waals surface area contributed by atoms with Gasteiger partial charge in [-0.05, 0) is 38.1 Å². The monoisotopic (exact) mass is 323 g/mol. The molecule has 7 heteroatoms. The van der Waals surface area contributed by atoms with Crippen LogP contribution in [0, 0.1) is 0 Å². The van der Waals surface area contributed by atoms with Crippen molar-refractivity contribution in [1.29, 1.82) is 0 Å². The van der Waals surface area contributed by atoms with Crippen molar-refractivity contribution in [3.8, 4) is 0 Å². The summed E-state index contributed by atoms with van der Waals surface area (Å²) in [6.45, 7) is 3.93. The predicted octanol–water partition coefficient (Wildman–Crippen LogP) is 3.42. The van der Waals surface area contributed by atoms with Crippen LogP contribution in [0.15, 0.2) is 47.1 Å². The van der Waals surface area contributed by atoms with Gasteiger partial charge in [-0.25, -0.2) is 0 Å². The summed E-state index contributed by atoms with van der Waals surface area (Å²) in [5, 5.41) is 2.99. The average Bonchev–Trinajstić information content (AvgIpc) is 3.02. The van der Waals surface area contributed by atoms with Gasteiger partial charge in [0.2, 0.25) is 0 Å². The lowest BCUT2D eigenvalue weighted by atomic mass is 10.3. The molecule has 0 aliphatic heterocycles. The number of rotatable bonds is 7. The second kappa shape index (κ2) is 7.40. The zero-order chi connectivity index (χ0) is 16.0. The summed E-state index contributed by atoms with van der Waals surface area (Å²) >= 11 is 0. The Morgan fingerprint density at radius 2 is 1.82 bits per heavy atom. The summed E-state index contributed by atoms with van der Waals surface area (Å²) in [6, 6.07) is 9.85. The molecule has 0 fully saturated rings. The van der Waals surface area contributed by atoms with Gasteiger partial charge in [0.1, 0.15) is 0 Å². The molecule has 1 aromatic heterocycles. The second-order valence-corrected chi connectivity index (χ2v) is 6.27. The first-order valence-corrected chi connectivity index (χ1v) is 8.48. The standard InChI is InChI=1S/C15H18NO5P/c1-3-20-22(18,21-4-2)14-10-6-5-8-12(14)16-15(17)13-9-7-11-19-13/h5-11H,3-4H2,1-2H3,(H,16,17). The molecule has 0 saturated heterocycles. The molecular formula is C15H18NO5P. The van der Waals surface area contributed by atoms with Crippen molar-refractivity contribution in [1.82, 2.24) is 0 Å². The number of hydrogen-bond donors (Lipinski definition) is 1. The van der Waals surface area contributed by atoms with Crippen molar-refractivity contribution in [2.45, 2.75) is 13.8 Å². The lowest BCUT2D eigenvalue weighted by molar-refractivity contribution is 0.0997. The van der Waals surface area contributed by atoms with Crippen LogP contribution in [-0.2, 0) is 13.6 Å². The Balaban J connectivity index is 2.33. The van der Waals surface area contributed by atoms with E-state index in [0.29, 0.717) is 11.0 Å². The van der Waals surface area contributed by atoms with Gasteiger partial charge >= 0.3 is 7.60 Å². The van der Waals surface area contributed by atoms with Gasteiger partial charge in [0, 0.05) is 0 Å². The van der Waals surface area contributed by atoms with Crippen LogP contribution in [0.2, 0.25) is 0 Å². The van der Waals surface area contributed by atoms with E-state index in [9.17, 15) is 9.36 Å². The first-order chi connectivity index (χ1) is 10.6. The first kappa shape index (κ1) is 16.5. The van der Waals surface area contributed by atoms with E-state index in [1.165, 1.54) is 6.26 Å². The molecule has 2 rings (SSSR count).